The smallest absolute Gasteiger partial charge is 0.302 e. The van der Waals surface area contributed by atoms with Gasteiger partial charge in [0.05, 0.1) is 0 Å². The zero-order valence-corrected chi connectivity index (χ0v) is 6.58. The maximum absolute atomic E-state index is 10.5. The summed E-state index contributed by atoms with van der Waals surface area (Å²) in [7, 11) is 0. The molecular weight excluding hydrogens is 144 g/mol. The first-order valence-electron chi connectivity index (χ1n) is 3.85. The highest BCUT2D eigenvalue weighted by Gasteiger charge is 2.32. The summed E-state index contributed by atoms with van der Waals surface area (Å²) in [5.74, 6) is 0.160. The fourth-order valence-corrected chi connectivity index (χ4v) is 1.11. The average Bonchev–Trinajstić information content (AvgIpc) is 2.66. The zero-order chi connectivity index (χ0) is 8.27. The van der Waals surface area contributed by atoms with Gasteiger partial charge in [0.2, 0.25) is 0 Å². The third kappa shape index (κ3) is 2.70. The Labute approximate surface area is 65.7 Å². The molecule has 62 valence electrons. The topological polar surface area (TPSA) is 43.4 Å². The molecule has 0 aromatic carbocycles. The number of carbonyl (C=O) groups excluding carboxylic acids is 2. The van der Waals surface area contributed by atoms with Gasteiger partial charge in [0.25, 0.3) is 0 Å². The van der Waals surface area contributed by atoms with Gasteiger partial charge in [-0.1, -0.05) is 0 Å². The zero-order valence-electron chi connectivity index (χ0n) is 6.58. The van der Waals surface area contributed by atoms with Gasteiger partial charge in [-0.05, 0) is 18.8 Å². The SMILES string of the molecule is CC(=O)OC(CC=O)C1CC1. The maximum Gasteiger partial charge on any atom is 0.302 e. The van der Waals surface area contributed by atoms with Crippen LogP contribution >= 0.6 is 0 Å². The van der Waals surface area contributed by atoms with Crippen molar-refractivity contribution in [3.63, 3.8) is 0 Å². The number of carbonyl (C=O) groups is 2. The molecule has 0 aromatic heterocycles. The van der Waals surface area contributed by atoms with Crippen molar-refractivity contribution in [1.82, 2.24) is 0 Å². The van der Waals surface area contributed by atoms with Crippen LogP contribution in [0.4, 0.5) is 0 Å². The predicted octanol–water partition coefficient (Wildman–Crippen LogP) is 0.917. The monoisotopic (exact) mass is 156 g/mol. The third-order valence-corrected chi connectivity index (χ3v) is 1.79. The van der Waals surface area contributed by atoms with Gasteiger partial charge in [-0.15, -0.1) is 0 Å². The molecule has 1 unspecified atom stereocenters. The van der Waals surface area contributed by atoms with Crippen molar-refractivity contribution in [2.75, 3.05) is 0 Å². The summed E-state index contributed by atoms with van der Waals surface area (Å²) in [5.41, 5.74) is 0. The first kappa shape index (κ1) is 8.24. The van der Waals surface area contributed by atoms with Crippen LogP contribution < -0.4 is 0 Å². The van der Waals surface area contributed by atoms with E-state index in [1.54, 1.807) is 0 Å². The van der Waals surface area contributed by atoms with Crippen LogP contribution in [0.1, 0.15) is 26.2 Å². The molecule has 3 heteroatoms. The van der Waals surface area contributed by atoms with Crippen LogP contribution in [0, 0.1) is 5.92 Å². The van der Waals surface area contributed by atoms with Gasteiger partial charge in [0.1, 0.15) is 12.4 Å². The number of aldehydes is 1. The second kappa shape index (κ2) is 3.51. The maximum atomic E-state index is 10.5. The fraction of sp³-hybridized carbons (Fsp3) is 0.750. The Bertz CT molecular complexity index is 161. The van der Waals surface area contributed by atoms with Crippen molar-refractivity contribution in [3.8, 4) is 0 Å². The molecule has 0 bridgehead atoms. The van der Waals surface area contributed by atoms with E-state index < -0.39 is 0 Å². The lowest BCUT2D eigenvalue weighted by molar-refractivity contribution is -0.147. The van der Waals surface area contributed by atoms with Gasteiger partial charge < -0.3 is 9.53 Å². The summed E-state index contributed by atoms with van der Waals surface area (Å²) >= 11 is 0. The number of hydrogen-bond acceptors (Lipinski definition) is 3. The molecule has 3 nitrogen and oxygen atoms in total. The van der Waals surface area contributed by atoms with E-state index in [-0.39, 0.29) is 12.1 Å². The minimum atomic E-state index is -0.288. The second-order valence-electron chi connectivity index (χ2n) is 2.89. The molecule has 1 fully saturated rings. The lowest BCUT2D eigenvalue weighted by atomic mass is 10.2. The quantitative estimate of drug-likeness (QED) is 0.449. The summed E-state index contributed by atoms with van der Waals surface area (Å²) in [5, 5.41) is 0. The third-order valence-electron chi connectivity index (χ3n) is 1.79. The Balaban J connectivity index is 2.31. The Kier molecular flexibility index (Phi) is 2.63. The van der Waals surface area contributed by atoms with E-state index in [4.69, 9.17) is 4.74 Å². The standard InChI is InChI=1S/C8H12O3/c1-6(10)11-8(4-5-9)7-2-3-7/h5,7-8H,2-4H2,1H3. The van der Waals surface area contributed by atoms with Crippen molar-refractivity contribution < 1.29 is 14.3 Å². The minimum Gasteiger partial charge on any atom is -0.462 e. The van der Waals surface area contributed by atoms with E-state index in [0.717, 1.165) is 19.1 Å². The Morgan fingerprint density at radius 3 is 2.73 bits per heavy atom. The molecule has 0 amide bonds. The Hall–Kier alpha value is -0.860. The van der Waals surface area contributed by atoms with E-state index in [0.29, 0.717) is 12.3 Å². The number of ether oxygens (including phenoxy) is 1. The normalized spacial score (nSPS) is 19.0. The first-order valence-corrected chi connectivity index (χ1v) is 3.85. The van der Waals surface area contributed by atoms with Crippen molar-refractivity contribution in [1.29, 1.82) is 0 Å². The van der Waals surface area contributed by atoms with Gasteiger partial charge in [-0.25, -0.2) is 0 Å². The van der Waals surface area contributed by atoms with Crippen LogP contribution in [0.2, 0.25) is 0 Å². The van der Waals surface area contributed by atoms with Crippen molar-refractivity contribution in [3.05, 3.63) is 0 Å². The molecule has 1 saturated carbocycles. The van der Waals surface area contributed by atoms with Crippen LogP contribution in [0.15, 0.2) is 0 Å². The summed E-state index contributed by atoms with van der Waals surface area (Å²) in [6.07, 6.45) is 3.19. The van der Waals surface area contributed by atoms with Crippen LogP contribution in [-0.2, 0) is 14.3 Å². The van der Waals surface area contributed by atoms with Gasteiger partial charge >= 0.3 is 5.97 Å². The second-order valence-corrected chi connectivity index (χ2v) is 2.89. The molecule has 0 aliphatic heterocycles. The van der Waals surface area contributed by atoms with Crippen molar-refractivity contribution in [2.24, 2.45) is 5.92 Å². The molecule has 0 saturated heterocycles. The van der Waals surface area contributed by atoms with Gasteiger partial charge in [0, 0.05) is 13.3 Å². The Morgan fingerprint density at radius 2 is 2.36 bits per heavy atom. The molecule has 0 heterocycles. The van der Waals surface area contributed by atoms with Crippen molar-refractivity contribution in [2.45, 2.75) is 32.3 Å². The molecular formula is C8H12O3. The number of hydrogen-bond donors (Lipinski definition) is 0. The van der Waals surface area contributed by atoms with E-state index in [9.17, 15) is 9.59 Å². The summed E-state index contributed by atoms with van der Waals surface area (Å²) in [6.45, 7) is 1.38. The highest BCUT2D eigenvalue weighted by atomic mass is 16.5. The molecule has 0 radical (unpaired) electrons. The molecule has 0 aromatic rings. The van der Waals surface area contributed by atoms with E-state index >= 15 is 0 Å². The lowest BCUT2D eigenvalue weighted by Gasteiger charge is -2.12. The van der Waals surface area contributed by atoms with E-state index in [2.05, 4.69) is 0 Å². The van der Waals surface area contributed by atoms with Crippen LogP contribution in [0.5, 0.6) is 0 Å². The minimum absolute atomic E-state index is 0.148. The van der Waals surface area contributed by atoms with Crippen LogP contribution in [0.25, 0.3) is 0 Å². The number of rotatable bonds is 4. The van der Waals surface area contributed by atoms with Crippen LogP contribution in [0.3, 0.4) is 0 Å². The van der Waals surface area contributed by atoms with Gasteiger partial charge in [-0.3, -0.25) is 4.79 Å². The summed E-state index contributed by atoms with van der Waals surface area (Å²) < 4.78 is 4.94. The largest absolute Gasteiger partial charge is 0.462 e. The highest BCUT2D eigenvalue weighted by molar-refractivity contribution is 5.66. The van der Waals surface area contributed by atoms with Crippen molar-refractivity contribution >= 4 is 12.3 Å². The van der Waals surface area contributed by atoms with Gasteiger partial charge in [-0.2, -0.15) is 0 Å². The van der Waals surface area contributed by atoms with Crippen LogP contribution in [-0.4, -0.2) is 18.4 Å². The highest BCUT2D eigenvalue weighted by Crippen LogP contribution is 2.35. The first-order chi connectivity index (χ1) is 5.24. The molecule has 1 aliphatic carbocycles. The predicted molar refractivity (Wildman–Crippen MR) is 39.0 cm³/mol. The van der Waals surface area contributed by atoms with E-state index in [1.165, 1.54) is 6.92 Å². The summed E-state index contributed by atoms with van der Waals surface area (Å²) in [4.78, 5) is 20.7. The molecule has 1 rings (SSSR count). The average molecular weight is 156 g/mol. The molecule has 0 N–H and O–H groups in total. The molecule has 1 aliphatic rings. The molecule has 0 spiro atoms. The molecule has 11 heavy (non-hydrogen) atoms. The molecule has 1 atom stereocenters. The Morgan fingerprint density at radius 1 is 1.73 bits per heavy atom. The van der Waals surface area contributed by atoms with E-state index in [1.807, 2.05) is 0 Å². The van der Waals surface area contributed by atoms with Gasteiger partial charge in [0.15, 0.2) is 0 Å². The number of esters is 1. The fourth-order valence-electron chi connectivity index (χ4n) is 1.11. The summed E-state index contributed by atoms with van der Waals surface area (Å²) in [6, 6.07) is 0. The lowest BCUT2D eigenvalue weighted by Crippen LogP contribution is -2.18.